The Labute approximate surface area is 201 Å². The van der Waals surface area contributed by atoms with Crippen LogP contribution in [0.25, 0.3) is 16.8 Å². The van der Waals surface area contributed by atoms with Crippen molar-refractivity contribution in [3.05, 3.63) is 92.5 Å². The second-order valence-electron chi connectivity index (χ2n) is 8.59. The molecule has 0 amide bonds. The summed E-state index contributed by atoms with van der Waals surface area (Å²) in [5.74, 6) is -0.467. The van der Waals surface area contributed by atoms with E-state index in [0.717, 1.165) is 16.9 Å². The van der Waals surface area contributed by atoms with Gasteiger partial charge in [0.15, 0.2) is 0 Å². The summed E-state index contributed by atoms with van der Waals surface area (Å²) < 4.78 is 22.6. The summed E-state index contributed by atoms with van der Waals surface area (Å²) in [5, 5.41) is 0.308. The van der Waals surface area contributed by atoms with Crippen LogP contribution in [0.1, 0.15) is 28.6 Å². The quantitative estimate of drug-likeness (QED) is 0.412. The van der Waals surface area contributed by atoms with E-state index in [2.05, 4.69) is 14.9 Å². The van der Waals surface area contributed by atoms with Crippen LogP contribution in [-0.4, -0.2) is 34.1 Å². The first kappa shape index (κ1) is 22.5. The number of rotatable bonds is 3. The second-order valence-corrected chi connectivity index (χ2v) is 9.03. The lowest BCUT2D eigenvalue weighted by Crippen LogP contribution is -2.38. The highest BCUT2D eigenvalue weighted by Gasteiger charge is 2.25. The van der Waals surface area contributed by atoms with Crippen LogP contribution in [0.3, 0.4) is 0 Å². The molecule has 1 fully saturated rings. The highest BCUT2D eigenvalue weighted by Crippen LogP contribution is 2.33. The number of anilines is 1. The number of hydrogen-bond donors (Lipinski definition) is 0. The van der Waals surface area contributed by atoms with Crippen molar-refractivity contribution in [1.29, 1.82) is 0 Å². The van der Waals surface area contributed by atoms with E-state index in [1.165, 1.54) is 10.5 Å². The molecule has 4 heterocycles. The molecule has 1 saturated heterocycles. The Morgan fingerprint density at radius 3 is 2.71 bits per heavy atom. The fourth-order valence-corrected chi connectivity index (χ4v) is 4.51. The first-order chi connectivity index (χ1) is 16.3. The number of fused-ring (bicyclic) bond motifs is 1. The van der Waals surface area contributed by atoms with Gasteiger partial charge < -0.3 is 9.64 Å². The summed E-state index contributed by atoms with van der Waals surface area (Å²) >= 11 is 5.99. The maximum Gasteiger partial charge on any atom is 0.261 e. The summed E-state index contributed by atoms with van der Waals surface area (Å²) in [4.78, 5) is 24.3. The molecule has 1 aliphatic heterocycles. The normalized spacial score (nSPS) is 16.3. The molecule has 1 aliphatic rings. The number of benzene rings is 1. The molecule has 0 aliphatic carbocycles. The van der Waals surface area contributed by atoms with Gasteiger partial charge in [0.05, 0.1) is 12.3 Å². The van der Waals surface area contributed by atoms with Crippen molar-refractivity contribution < 1.29 is 9.13 Å². The highest BCUT2D eigenvalue weighted by atomic mass is 35.5. The molecule has 1 unspecified atom stereocenters. The van der Waals surface area contributed by atoms with Crippen molar-refractivity contribution in [3.63, 3.8) is 0 Å². The minimum absolute atomic E-state index is 0.142. The SMILES string of the molecule is Cc1cc(C2CN(c3cc(-c4ccc(Cl)cc4F)c4nc(C)c(C)c(=O)n4c3)CCO2)ccn1. The zero-order chi connectivity index (χ0) is 24.0. The molecular formula is C26H24ClFN4O2. The number of halogens is 2. The Hall–Kier alpha value is -3.29. The molecule has 6 nitrogen and oxygen atoms in total. The molecule has 4 aromatic rings. The third-order valence-corrected chi connectivity index (χ3v) is 6.56. The van der Waals surface area contributed by atoms with Gasteiger partial charge in [0.2, 0.25) is 0 Å². The number of ether oxygens (including phenoxy) is 1. The van der Waals surface area contributed by atoms with Gasteiger partial charge in [0.1, 0.15) is 17.6 Å². The van der Waals surface area contributed by atoms with Crippen LogP contribution in [0.2, 0.25) is 5.02 Å². The van der Waals surface area contributed by atoms with E-state index >= 15 is 4.39 Å². The summed E-state index contributed by atoms with van der Waals surface area (Å²) in [6, 6.07) is 10.4. The number of nitrogens with zero attached hydrogens (tertiary/aromatic N) is 4. The third kappa shape index (κ3) is 4.06. The molecule has 0 spiro atoms. The predicted octanol–water partition coefficient (Wildman–Crippen LogP) is 5.05. The number of morpholine rings is 1. The monoisotopic (exact) mass is 478 g/mol. The largest absolute Gasteiger partial charge is 0.370 e. The minimum atomic E-state index is -0.467. The Balaban J connectivity index is 1.66. The molecule has 3 aromatic heterocycles. The van der Waals surface area contributed by atoms with Gasteiger partial charge in [-0.3, -0.25) is 14.2 Å². The van der Waals surface area contributed by atoms with Gasteiger partial charge in [-0.2, -0.15) is 0 Å². The summed E-state index contributed by atoms with van der Waals surface area (Å²) in [7, 11) is 0. The van der Waals surface area contributed by atoms with Crippen molar-refractivity contribution >= 4 is 22.9 Å². The van der Waals surface area contributed by atoms with Gasteiger partial charge in [0, 0.05) is 58.6 Å². The fourth-order valence-electron chi connectivity index (χ4n) is 4.35. The lowest BCUT2D eigenvalue weighted by atomic mass is 10.0. The molecule has 0 radical (unpaired) electrons. The van der Waals surface area contributed by atoms with Crippen molar-refractivity contribution in [2.75, 3.05) is 24.6 Å². The average Bonchev–Trinajstić information content (AvgIpc) is 2.82. The highest BCUT2D eigenvalue weighted by molar-refractivity contribution is 6.30. The molecule has 174 valence electrons. The minimum Gasteiger partial charge on any atom is -0.370 e. The maximum atomic E-state index is 15.0. The lowest BCUT2D eigenvalue weighted by molar-refractivity contribution is 0.0397. The van der Waals surface area contributed by atoms with Crippen LogP contribution in [-0.2, 0) is 4.74 Å². The van der Waals surface area contributed by atoms with E-state index in [1.54, 1.807) is 38.4 Å². The Morgan fingerprint density at radius 2 is 1.94 bits per heavy atom. The number of pyridine rings is 2. The van der Waals surface area contributed by atoms with Crippen LogP contribution >= 0.6 is 11.6 Å². The molecule has 0 N–H and O–H groups in total. The Kier molecular flexibility index (Phi) is 5.83. The van der Waals surface area contributed by atoms with Gasteiger partial charge in [-0.15, -0.1) is 0 Å². The van der Waals surface area contributed by atoms with Crippen LogP contribution in [0.4, 0.5) is 10.1 Å². The van der Waals surface area contributed by atoms with Crippen molar-refractivity contribution in [2.24, 2.45) is 0 Å². The number of aromatic nitrogens is 3. The number of hydrogen-bond acceptors (Lipinski definition) is 5. The Bertz CT molecular complexity index is 1470. The fraction of sp³-hybridized carbons (Fsp3) is 0.269. The molecule has 1 atom stereocenters. The average molecular weight is 479 g/mol. The second kappa shape index (κ2) is 8.81. The van der Waals surface area contributed by atoms with E-state index in [9.17, 15) is 4.79 Å². The van der Waals surface area contributed by atoms with E-state index < -0.39 is 5.82 Å². The van der Waals surface area contributed by atoms with Gasteiger partial charge in [-0.1, -0.05) is 11.6 Å². The molecule has 1 aromatic carbocycles. The molecular weight excluding hydrogens is 455 g/mol. The smallest absolute Gasteiger partial charge is 0.261 e. The summed E-state index contributed by atoms with van der Waals surface area (Å²) in [6.07, 6.45) is 3.42. The summed E-state index contributed by atoms with van der Waals surface area (Å²) in [5.41, 5.74) is 5.06. The molecule has 0 saturated carbocycles. The molecule has 0 bridgehead atoms. The van der Waals surface area contributed by atoms with Crippen LogP contribution < -0.4 is 10.5 Å². The lowest BCUT2D eigenvalue weighted by Gasteiger charge is -2.35. The van der Waals surface area contributed by atoms with Gasteiger partial charge in [-0.25, -0.2) is 9.37 Å². The van der Waals surface area contributed by atoms with E-state index in [-0.39, 0.29) is 11.7 Å². The van der Waals surface area contributed by atoms with Gasteiger partial charge in [0.25, 0.3) is 5.56 Å². The van der Waals surface area contributed by atoms with Crippen molar-refractivity contribution in [2.45, 2.75) is 26.9 Å². The first-order valence-corrected chi connectivity index (χ1v) is 11.5. The van der Waals surface area contributed by atoms with Crippen LogP contribution in [0.5, 0.6) is 0 Å². The third-order valence-electron chi connectivity index (χ3n) is 6.32. The standard InChI is InChI=1S/C26H24ClFN4O2/c1-15-10-18(6-7-29-15)24-14-31(8-9-34-24)20-12-22(21-5-4-19(27)11-23(21)28)25-30-17(3)16(2)26(33)32(25)13-20/h4-7,10-13,24H,8-9,14H2,1-3H3. The van der Waals surface area contributed by atoms with E-state index in [1.807, 2.05) is 25.1 Å². The maximum absolute atomic E-state index is 15.0. The van der Waals surface area contributed by atoms with E-state index in [0.29, 0.717) is 52.8 Å². The zero-order valence-electron chi connectivity index (χ0n) is 19.2. The molecule has 5 rings (SSSR count). The van der Waals surface area contributed by atoms with Crippen molar-refractivity contribution in [3.8, 4) is 11.1 Å². The molecule has 34 heavy (non-hydrogen) atoms. The van der Waals surface area contributed by atoms with E-state index in [4.69, 9.17) is 16.3 Å². The summed E-state index contributed by atoms with van der Waals surface area (Å²) in [6.45, 7) is 7.24. The number of aryl methyl sites for hydroxylation is 2. The molecule has 8 heteroatoms. The first-order valence-electron chi connectivity index (χ1n) is 11.1. The van der Waals surface area contributed by atoms with Crippen molar-refractivity contribution in [1.82, 2.24) is 14.4 Å². The van der Waals surface area contributed by atoms with Gasteiger partial charge >= 0.3 is 0 Å². The topological polar surface area (TPSA) is 59.7 Å². The van der Waals surface area contributed by atoms with Crippen LogP contribution in [0, 0.1) is 26.6 Å². The van der Waals surface area contributed by atoms with Gasteiger partial charge in [-0.05, 0) is 62.7 Å². The zero-order valence-corrected chi connectivity index (χ0v) is 19.9. The van der Waals surface area contributed by atoms with Crippen LogP contribution in [0.15, 0.2) is 53.6 Å². The predicted molar refractivity (Wildman–Crippen MR) is 131 cm³/mol. The Morgan fingerprint density at radius 1 is 1.12 bits per heavy atom.